The molecule has 4 heteroatoms. The molecule has 0 aliphatic heterocycles. The van der Waals surface area contributed by atoms with E-state index in [1.54, 1.807) is 36.4 Å². The third kappa shape index (κ3) is 2.57. The number of halogens is 1. The van der Waals surface area contributed by atoms with E-state index in [0.717, 1.165) is 5.56 Å². The highest BCUT2D eigenvalue weighted by molar-refractivity contribution is 6.30. The lowest BCUT2D eigenvalue weighted by Crippen LogP contribution is -2.02. The number of nitrogens with zero attached hydrogens (tertiary/aromatic N) is 1. The van der Waals surface area contributed by atoms with Crippen molar-refractivity contribution in [2.75, 3.05) is 0 Å². The van der Waals surface area contributed by atoms with Crippen LogP contribution in [0.15, 0.2) is 53.7 Å². The lowest BCUT2D eigenvalue weighted by atomic mass is 10.0. The van der Waals surface area contributed by atoms with E-state index in [0.29, 0.717) is 16.3 Å². The third-order valence-electron chi connectivity index (χ3n) is 2.36. The van der Waals surface area contributed by atoms with E-state index in [4.69, 9.17) is 16.8 Å². The molecule has 3 nitrogen and oxygen atoms in total. The normalized spacial score (nSPS) is 11.5. The molecule has 2 rings (SSSR count). The fraction of sp³-hybridized carbons (Fsp3) is 0. The first-order valence-corrected chi connectivity index (χ1v) is 5.36. The Balaban J connectivity index is 2.41. The molecule has 0 heterocycles. The highest BCUT2D eigenvalue weighted by Crippen LogP contribution is 2.16. The summed E-state index contributed by atoms with van der Waals surface area (Å²) in [6.07, 6.45) is 0. The molecule has 0 spiro atoms. The lowest BCUT2D eigenvalue weighted by molar-refractivity contribution is 0.319. The maximum Gasteiger partial charge on any atom is 0.117 e. The van der Waals surface area contributed by atoms with Crippen LogP contribution in [-0.4, -0.2) is 16.0 Å². The predicted octanol–water partition coefficient (Wildman–Crippen LogP) is 3.27. The number of aromatic hydroxyl groups is 1. The summed E-state index contributed by atoms with van der Waals surface area (Å²) in [5.41, 5.74) is 1.90. The monoisotopic (exact) mass is 247 g/mol. The van der Waals surface area contributed by atoms with E-state index < -0.39 is 0 Å². The van der Waals surface area contributed by atoms with Crippen LogP contribution in [0.4, 0.5) is 0 Å². The van der Waals surface area contributed by atoms with Crippen molar-refractivity contribution in [1.82, 2.24) is 0 Å². The molecule has 0 aliphatic carbocycles. The highest BCUT2D eigenvalue weighted by Gasteiger charge is 2.07. The molecule has 2 aromatic rings. The first-order valence-electron chi connectivity index (χ1n) is 4.98. The molecule has 0 fully saturated rings. The number of hydrogen-bond acceptors (Lipinski definition) is 3. The maximum absolute atomic E-state index is 9.20. The predicted molar refractivity (Wildman–Crippen MR) is 67.0 cm³/mol. The van der Waals surface area contributed by atoms with Crippen molar-refractivity contribution in [3.63, 3.8) is 0 Å². The van der Waals surface area contributed by atoms with Gasteiger partial charge in [0.15, 0.2) is 0 Å². The fourth-order valence-corrected chi connectivity index (χ4v) is 1.64. The van der Waals surface area contributed by atoms with Crippen molar-refractivity contribution in [3.05, 3.63) is 64.7 Å². The van der Waals surface area contributed by atoms with Gasteiger partial charge in [-0.1, -0.05) is 28.9 Å². The van der Waals surface area contributed by atoms with Crippen LogP contribution in [0.5, 0.6) is 5.75 Å². The minimum absolute atomic E-state index is 0.169. The summed E-state index contributed by atoms with van der Waals surface area (Å²) in [5, 5.41) is 22.2. The van der Waals surface area contributed by atoms with E-state index in [1.807, 2.05) is 0 Å². The van der Waals surface area contributed by atoms with Crippen molar-refractivity contribution in [1.29, 1.82) is 0 Å². The number of phenols is 1. The Morgan fingerprint density at radius 3 is 1.82 bits per heavy atom. The van der Waals surface area contributed by atoms with Gasteiger partial charge in [0.05, 0.1) is 0 Å². The second-order valence-corrected chi connectivity index (χ2v) is 3.94. The minimum atomic E-state index is 0.169. The quantitative estimate of drug-likeness (QED) is 0.486. The summed E-state index contributed by atoms with van der Waals surface area (Å²) in [6, 6.07) is 13.4. The van der Waals surface area contributed by atoms with Gasteiger partial charge in [-0.05, 0) is 36.4 Å². The van der Waals surface area contributed by atoms with Gasteiger partial charge in [-0.3, -0.25) is 0 Å². The number of oxime groups is 1. The second kappa shape index (κ2) is 4.89. The van der Waals surface area contributed by atoms with Crippen LogP contribution in [0.2, 0.25) is 5.02 Å². The first-order chi connectivity index (χ1) is 8.20. The van der Waals surface area contributed by atoms with Gasteiger partial charge in [0.1, 0.15) is 11.5 Å². The van der Waals surface area contributed by atoms with Crippen LogP contribution in [0.3, 0.4) is 0 Å². The number of phenolic OH excluding ortho intramolecular Hbond substituents is 1. The largest absolute Gasteiger partial charge is 0.508 e. The molecule has 0 atom stereocenters. The van der Waals surface area contributed by atoms with Gasteiger partial charge in [0.25, 0.3) is 0 Å². The van der Waals surface area contributed by atoms with Crippen LogP contribution in [0.1, 0.15) is 11.1 Å². The SMILES string of the molecule is O/N=C(\c1ccc(O)cc1)c1ccc(Cl)cc1. The van der Waals surface area contributed by atoms with E-state index in [9.17, 15) is 5.11 Å². The summed E-state index contributed by atoms with van der Waals surface area (Å²) in [4.78, 5) is 0. The Bertz CT molecular complexity index is 485. The fourth-order valence-electron chi connectivity index (χ4n) is 1.51. The standard InChI is InChI=1S/C13H10ClNO2/c14-11-5-1-9(2-6-11)13(15-17)10-3-7-12(16)8-4-10/h1-8,16-17H/b15-13-. The summed E-state index contributed by atoms with van der Waals surface area (Å²) < 4.78 is 0. The summed E-state index contributed by atoms with van der Waals surface area (Å²) >= 11 is 5.79. The van der Waals surface area contributed by atoms with Crippen LogP contribution in [0.25, 0.3) is 0 Å². The Kier molecular flexibility index (Phi) is 3.30. The average Bonchev–Trinajstić information content (AvgIpc) is 2.35. The van der Waals surface area contributed by atoms with E-state index in [1.165, 1.54) is 12.1 Å². The highest BCUT2D eigenvalue weighted by atomic mass is 35.5. The Labute approximate surface area is 104 Å². The molecule has 0 aromatic heterocycles. The lowest BCUT2D eigenvalue weighted by Gasteiger charge is -2.05. The second-order valence-electron chi connectivity index (χ2n) is 3.50. The zero-order chi connectivity index (χ0) is 12.3. The molecule has 17 heavy (non-hydrogen) atoms. The number of benzene rings is 2. The zero-order valence-electron chi connectivity index (χ0n) is 8.84. The summed E-state index contributed by atoms with van der Waals surface area (Å²) in [6.45, 7) is 0. The number of rotatable bonds is 2. The molecule has 2 N–H and O–H groups in total. The molecule has 0 bridgehead atoms. The molecule has 86 valence electrons. The van der Waals surface area contributed by atoms with Crippen LogP contribution >= 0.6 is 11.6 Å². The van der Waals surface area contributed by atoms with Crippen LogP contribution < -0.4 is 0 Å². The number of hydrogen-bond donors (Lipinski definition) is 2. The zero-order valence-corrected chi connectivity index (χ0v) is 9.59. The van der Waals surface area contributed by atoms with Gasteiger partial charge in [-0.15, -0.1) is 0 Å². The van der Waals surface area contributed by atoms with E-state index >= 15 is 0 Å². The van der Waals surface area contributed by atoms with Gasteiger partial charge in [0, 0.05) is 16.1 Å². The summed E-state index contributed by atoms with van der Waals surface area (Å²) in [7, 11) is 0. The van der Waals surface area contributed by atoms with Crippen molar-refractivity contribution in [2.24, 2.45) is 5.16 Å². The molecule has 0 amide bonds. The van der Waals surface area contributed by atoms with E-state index in [2.05, 4.69) is 5.16 Å². The Hall–Kier alpha value is -2.00. The third-order valence-corrected chi connectivity index (χ3v) is 2.61. The molecule has 0 unspecified atom stereocenters. The molecule has 2 aromatic carbocycles. The Morgan fingerprint density at radius 1 is 0.882 bits per heavy atom. The average molecular weight is 248 g/mol. The van der Waals surface area contributed by atoms with E-state index in [-0.39, 0.29) is 5.75 Å². The molecule has 0 saturated carbocycles. The maximum atomic E-state index is 9.20. The van der Waals surface area contributed by atoms with Crippen LogP contribution in [0, 0.1) is 0 Å². The molecule has 0 aliphatic rings. The molecule has 0 radical (unpaired) electrons. The van der Waals surface area contributed by atoms with Crippen molar-refractivity contribution in [2.45, 2.75) is 0 Å². The van der Waals surface area contributed by atoms with Crippen molar-refractivity contribution in [3.8, 4) is 5.75 Å². The molecular formula is C13H10ClNO2. The van der Waals surface area contributed by atoms with Gasteiger partial charge in [-0.2, -0.15) is 0 Å². The first kappa shape index (κ1) is 11.5. The summed E-state index contributed by atoms with van der Waals surface area (Å²) in [5.74, 6) is 0.169. The van der Waals surface area contributed by atoms with Gasteiger partial charge >= 0.3 is 0 Å². The van der Waals surface area contributed by atoms with Gasteiger partial charge in [-0.25, -0.2) is 0 Å². The minimum Gasteiger partial charge on any atom is -0.508 e. The van der Waals surface area contributed by atoms with Gasteiger partial charge < -0.3 is 10.3 Å². The van der Waals surface area contributed by atoms with Crippen molar-refractivity contribution >= 4 is 17.3 Å². The molecule has 0 saturated heterocycles. The van der Waals surface area contributed by atoms with Crippen molar-refractivity contribution < 1.29 is 10.3 Å². The Morgan fingerprint density at radius 2 is 1.35 bits per heavy atom. The topological polar surface area (TPSA) is 52.8 Å². The molecular weight excluding hydrogens is 238 g/mol. The van der Waals surface area contributed by atoms with Gasteiger partial charge in [0.2, 0.25) is 0 Å². The smallest absolute Gasteiger partial charge is 0.117 e. The van der Waals surface area contributed by atoms with Crippen LogP contribution in [-0.2, 0) is 0 Å².